The van der Waals surface area contributed by atoms with Crippen molar-refractivity contribution in [2.45, 2.75) is 18.2 Å². The van der Waals surface area contributed by atoms with Gasteiger partial charge in [-0.2, -0.15) is 0 Å². The predicted molar refractivity (Wildman–Crippen MR) is 69.4 cm³/mol. The van der Waals surface area contributed by atoms with Crippen LogP contribution in [0.15, 0.2) is 29.3 Å². The zero-order chi connectivity index (χ0) is 11.5. The monoisotopic (exact) mass is 253 g/mol. The van der Waals surface area contributed by atoms with Crippen molar-refractivity contribution in [3.63, 3.8) is 0 Å². The van der Waals surface area contributed by atoms with Gasteiger partial charge in [0.05, 0.1) is 4.90 Å². The van der Waals surface area contributed by atoms with Crippen molar-refractivity contribution in [1.29, 1.82) is 0 Å². The molecule has 0 fully saturated rings. The molecule has 1 heterocycles. The van der Waals surface area contributed by atoms with Crippen LogP contribution in [0.5, 0.6) is 5.75 Å². The van der Waals surface area contributed by atoms with E-state index in [-0.39, 0.29) is 0 Å². The minimum Gasteiger partial charge on any atom is -0.507 e. The van der Waals surface area contributed by atoms with Gasteiger partial charge in [-0.1, -0.05) is 18.5 Å². The van der Waals surface area contributed by atoms with E-state index >= 15 is 0 Å². The predicted octanol–water partition coefficient (Wildman–Crippen LogP) is 4.10. The van der Waals surface area contributed by atoms with E-state index in [9.17, 15) is 5.11 Å². The third-order valence-corrected chi connectivity index (χ3v) is 3.91. The van der Waals surface area contributed by atoms with Crippen LogP contribution in [-0.4, -0.2) is 15.8 Å². The van der Waals surface area contributed by atoms with Crippen molar-refractivity contribution in [3.8, 4) is 5.75 Å². The quantitative estimate of drug-likeness (QED) is 0.661. The van der Waals surface area contributed by atoms with Crippen LogP contribution in [0.3, 0.4) is 0 Å². The van der Waals surface area contributed by atoms with Gasteiger partial charge >= 0.3 is 0 Å². The lowest BCUT2D eigenvalue weighted by molar-refractivity contribution is 0.464. The van der Waals surface area contributed by atoms with Gasteiger partial charge in [-0.25, -0.2) is 4.98 Å². The fourth-order valence-corrected chi connectivity index (χ4v) is 2.71. The number of hydrogen-bond acceptors (Lipinski definition) is 3. The van der Waals surface area contributed by atoms with E-state index in [2.05, 4.69) is 11.9 Å². The van der Waals surface area contributed by atoms with Gasteiger partial charge in [-0.3, -0.25) is 0 Å². The maximum atomic E-state index is 9.84. The Morgan fingerprint density at radius 3 is 2.88 bits per heavy atom. The molecule has 0 saturated carbocycles. The second-order valence-electron chi connectivity index (χ2n) is 3.46. The van der Waals surface area contributed by atoms with Crippen molar-refractivity contribution in [1.82, 2.24) is 4.98 Å². The highest BCUT2D eigenvalue weighted by Gasteiger charge is 2.09. The van der Waals surface area contributed by atoms with E-state index in [0.29, 0.717) is 10.9 Å². The van der Waals surface area contributed by atoms with Crippen LogP contribution in [0.25, 0.3) is 10.8 Å². The highest BCUT2D eigenvalue weighted by molar-refractivity contribution is 7.99. The van der Waals surface area contributed by atoms with E-state index in [0.717, 1.165) is 27.8 Å². The van der Waals surface area contributed by atoms with Gasteiger partial charge < -0.3 is 5.11 Å². The molecular formula is C12H12ClNOS. The molecule has 0 saturated heterocycles. The summed E-state index contributed by atoms with van der Waals surface area (Å²) >= 11 is 7.66. The second kappa shape index (κ2) is 4.93. The molecule has 2 nitrogen and oxygen atoms in total. The summed E-state index contributed by atoms with van der Waals surface area (Å²) in [5.41, 5.74) is 0. The normalized spacial score (nSPS) is 10.9. The fourth-order valence-electron chi connectivity index (χ4n) is 1.54. The van der Waals surface area contributed by atoms with E-state index in [4.69, 9.17) is 11.6 Å². The molecule has 0 aliphatic heterocycles. The van der Waals surface area contributed by atoms with Gasteiger partial charge in [0.2, 0.25) is 0 Å². The Balaban J connectivity index is 2.60. The molecule has 0 amide bonds. The number of phenols is 1. The Hall–Kier alpha value is -0.930. The second-order valence-corrected chi connectivity index (χ2v) is 4.92. The SMILES string of the molecule is CCCSc1c(O)ccc2c(Cl)nccc12. The molecule has 0 spiro atoms. The topological polar surface area (TPSA) is 33.1 Å². The van der Waals surface area contributed by atoms with Crippen LogP contribution in [0.2, 0.25) is 5.15 Å². The van der Waals surface area contributed by atoms with Gasteiger partial charge in [0, 0.05) is 17.0 Å². The Bertz CT molecular complexity index is 516. The maximum absolute atomic E-state index is 9.84. The molecule has 0 aliphatic carbocycles. The first-order valence-corrected chi connectivity index (χ1v) is 6.49. The third-order valence-electron chi connectivity index (χ3n) is 2.28. The van der Waals surface area contributed by atoms with Gasteiger partial charge in [-0.05, 0) is 30.4 Å². The first-order valence-electron chi connectivity index (χ1n) is 5.13. The summed E-state index contributed by atoms with van der Waals surface area (Å²) in [6, 6.07) is 5.36. The molecule has 1 aromatic carbocycles. The lowest BCUT2D eigenvalue weighted by Gasteiger charge is -2.08. The molecule has 2 rings (SSSR count). The first-order chi connectivity index (χ1) is 7.74. The number of aromatic hydroxyl groups is 1. The maximum Gasteiger partial charge on any atom is 0.136 e. The molecule has 4 heteroatoms. The fraction of sp³-hybridized carbons (Fsp3) is 0.250. The summed E-state index contributed by atoms with van der Waals surface area (Å²) in [4.78, 5) is 4.93. The molecular weight excluding hydrogens is 242 g/mol. The number of aromatic nitrogens is 1. The molecule has 0 aliphatic rings. The third kappa shape index (κ3) is 2.11. The number of fused-ring (bicyclic) bond motifs is 1. The molecule has 1 N–H and O–H groups in total. The summed E-state index contributed by atoms with van der Waals surface area (Å²) in [5.74, 6) is 1.29. The first kappa shape index (κ1) is 11.6. The van der Waals surface area contributed by atoms with Crippen LogP contribution in [0.1, 0.15) is 13.3 Å². The smallest absolute Gasteiger partial charge is 0.136 e. The number of pyridine rings is 1. The molecule has 0 unspecified atom stereocenters. The number of rotatable bonds is 3. The number of thioether (sulfide) groups is 1. The lowest BCUT2D eigenvalue weighted by Crippen LogP contribution is -1.84. The van der Waals surface area contributed by atoms with Gasteiger partial charge in [0.15, 0.2) is 0 Å². The number of halogens is 1. The molecule has 1 aromatic heterocycles. The van der Waals surface area contributed by atoms with Crippen molar-refractivity contribution < 1.29 is 5.11 Å². The van der Waals surface area contributed by atoms with Crippen molar-refractivity contribution in [2.24, 2.45) is 0 Å². The Morgan fingerprint density at radius 1 is 1.31 bits per heavy atom. The van der Waals surface area contributed by atoms with Crippen LogP contribution in [0.4, 0.5) is 0 Å². The standard InChI is InChI=1S/C12H12ClNOS/c1-2-7-16-11-8-5-6-14-12(13)9(8)3-4-10(11)15/h3-6,15H,2,7H2,1H3. The van der Waals surface area contributed by atoms with Crippen LogP contribution >= 0.6 is 23.4 Å². The van der Waals surface area contributed by atoms with Gasteiger partial charge in [0.1, 0.15) is 10.9 Å². The molecule has 0 radical (unpaired) electrons. The zero-order valence-electron chi connectivity index (χ0n) is 8.90. The number of nitrogens with zero attached hydrogens (tertiary/aromatic N) is 1. The lowest BCUT2D eigenvalue weighted by atomic mass is 10.2. The van der Waals surface area contributed by atoms with Crippen LogP contribution in [-0.2, 0) is 0 Å². The Labute approximate surface area is 104 Å². The zero-order valence-corrected chi connectivity index (χ0v) is 10.5. The van der Waals surface area contributed by atoms with E-state index in [1.807, 2.05) is 6.07 Å². The highest BCUT2D eigenvalue weighted by atomic mass is 35.5. The van der Waals surface area contributed by atoms with E-state index < -0.39 is 0 Å². The minimum atomic E-state index is 0.313. The average molecular weight is 254 g/mol. The van der Waals surface area contributed by atoms with Crippen molar-refractivity contribution in [2.75, 3.05) is 5.75 Å². The van der Waals surface area contributed by atoms with Gasteiger partial charge in [-0.15, -0.1) is 11.8 Å². The molecule has 16 heavy (non-hydrogen) atoms. The Kier molecular flexibility index (Phi) is 3.56. The summed E-state index contributed by atoms with van der Waals surface area (Å²) in [5, 5.41) is 12.2. The average Bonchev–Trinajstić information content (AvgIpc) is 2.28. The summed E-state index contributed by atoms with van der Waals surface area (Å²) in [6.45, 7) is 2.11. The number of phenolic OH excluding ortho intramolecular Hbond substituents is 1. The summed E-state index contributed by atoms with van der Waals surface area (Å²) in [7, 11) is 0. The molecule has 84 valence electrons. The molecule has 2 aromatic rings. The Morgan fingerprint density at radius 2 is 2.12 bits per heavy atom. The number of benzene rings is 1. The highest BCUT2D eigenvalue weighted by Crippen LogP contribution is 2.37. The van der Waals surface area contributed by atoms with Gasteiger partial charge in [0.25, 0.3) is 0 Å². The molecule has 0 bridgehead atoms. The largest absolute Gasteiger partial charge is 0.507 e. The summed E-state index contributed by atoms with van der Waals surface area (Å²) in [6.07, 6.45) is 2.74. The van der Waals surface area contributed by atoms with Crippen molar-refractivity contribution >= 4 is 34.1 Å². The summed E-state index contributed by atoms with van der Waals surface area (Å²) < 4.78 is 0. The number of hydrogen-bond donors (Lipinski definition) is 1. The molecule has 0 atom stereocenters. The van der Waals surface area contributed by atoms with Crippen LogP contribution < -0.4 is 0 Å². The van der Waals surface area contributed by atoms with Crippen molar-refractivity contribution in [3.05, 3.63) is 29.5 Å². The van der Waals surface area contributed by atoms with E-state index in [1.165, 1.54) is 0 Å². The van der Waals surface area contributed by atoms with Crippen LogP contribution in [0, 0.1) is 0 Å². The minimum absolute atomic E-state index is 0.313. The van der Waals surface area contributed by atoms with E-state index in [1.54, 1.807) is 30.1 Å².